The van der Waals surface area contributed by atoms with E-state index in [-0.39, 0.29) is 173 Å². The molecule has 4 heterocycles. The van der Waals surface area contributed by atoms with Crippen molar-refractivity contribution >= 4 is 138 Å². The van der Waals surface area contributed by atoms with Gasteiger partial charge in [0.15, 0.2) is 23.8 Å². The maximum absolute atomic E-state index is 15.7. The largest absolute Gasteiger partial charge is 0.370 e. The van der Waals surface area contributed by atoms with Gasteiger partial charge in [0.05, 0.1) is 6.04 Å². The normalized spacial score (nSPS) is 13.9. The molecule has 8 rings (SSSR count). The minimum absolute atomic E-state index is 0.00685. The van der Waals surface area contributed by atoms with Gasteiger partial charge in [-0.25, -0.2) is 0 Å². The van der Waals surface area contributed by atoms with Gasteiger partial charge in [-0.3, -0.25) is 79.2 Å². The van der Waals surface area contributed by atoms with E-state index in [0.717, 1.165) is 16.5 Å². The zero-order valence-corrected chi connectivity index (χ0v) is 77.3. The Balaban J connectivity index is 1.09. The molecule has 12 atom stereocenters. The Kier molecular flexibility index (Phi) is 44.6. The van der Waals surface area contributed by atoms with Crippen LogP contribution in [-0.4, -0.2) is 240 Å². The topological polar surface area (TPSA) is 804 Å². The molecule has 0 bridgehead atoms. The first kappa shape index (κ1) is 108. The summed E-state index contributed by atoms with van der Waals surface area (Å²) < 4.78 is 0. The molecule has 0 spiro atoms. The molecule has 4 aromatic carbocycles. The average Bonchev–Trinajstić information content (AvgIpc) is 1.74. The highest BCUT2D eigenvalue weighted by atomic mass is 16.2. The minimum atomic E-state index is -1.59. The van der Waals surface area contributed by atoms with Gasteiger partial charge in [0.2, 0.25) is 70.9 Å². The van der Waals surface area contributed by atoms with Gasteiger partial charge in [-0.05, 0) is 208 Å². The number of amides is 12. The van der Waals surface area contributed by atoms with Crippen molar-refractivity contribution in [1.82, 2.24) is 99.7 Å². The zero-order valence-electron chi connectivity index (χ0n) is 77.3. The highest BCUT2D eigenvalue weighted by molar-refractivity contribution is 6.01. The number of guanidine groups is 4. The number of fused-ring (bicyclic) bond motifs is 4. The molecule has 0 fully saturated rings. The molecule has 45 nitrogen and oxygen atoms in total. The molecule has 0 radical (unpaired) electrons. The number of nitrogens with one attached hydrogen (secondary N) is 23. The summed E-state index contributed by atoms with van der Waals surface area (Å²) in [5.41, 5.74) is 64.0. The lowest BCUT2D eigenvalue weighted by Crippen LogP contribution is -2.61. The molecule has 4 aromatic heterocycles. The number of benzene rings is 4. The number of aromatic nitrogens is 4. The second-order valence-corrected chi connectivity index (χ2v) is 34.0. The molecule has 0 unspecified atom stereocenters. The van der Waals surface area contributed by atoms with Crippen molar-refractivity contribution in [2.75, 3.05) is 52.4 Å². The van der Waals surface area contributed by atoms with E-state index in [1.807, 2.05) is 36.4 Å². The third-order valence-corrected chi connectivity index (χ3v) is 23.5. The molecule has 0 aliphatic rings. The molecule has 0 saturated heterocycles. The quantitative estimate of drug-likeness (QED) is 0.0107. The summed E-state index contributed by atoms with van der Waals surface area (Å²) in [4.78, 5) is 192. The summed E-state index contributed by atoms with van der Waals surface area (Å²) in [5, 5.41) is 75.9. The Morgan fingerprint density at radius 1 is 0.248 bits per heavy atom. The molecule has 12 amide bonds. The molecular formula is C92H139N33O12. The van der Waals surface area contributed by atoms with Gasteiger partial charge in [0.1, 0.15) is 66.5 Å². The smallest absolute Gasteiger partial charge is 0.243 e. The van der Waals surface area contributed by atoms with E-state index < -0.39 is 155 Å². The first-order valence-electron chi connectivity index (χ1n) is 46.6. The number of carbonyl (C=O) groups is 12. The number of H-pyrrole nitrogens is 4. The van der Waals surface area contributed by atoms with E-state index in [1.54, 1.807) is 85.5 Å². The second kappa shape index (κ2) is 56.7. The monoisotopic (exact) mass is 1900 g/mol. The highest BCUT2D eigenvalue weighted by Gasteiger charge is 2.39. The summed E-state index contributed by atoms with van der Waals surface area (Å²) in [6.45, 7) is 1.10. The predicted molar refractivity (Wildman–Crippen MR) is 525 cm³/mol. The fraction of sp³-hybridized carbons (Fsp3) is 0.478. The van der Waals surface area contributed by atoms with Crippen LogP contribution in [-0.2, 0) is 83.2 Å². The Bertz CT molecular complexity index is 5360. The van der Waals surface area contributed by atoms with Gasteiger partial charge in [-0.1, -0.05) is 72.8 Å². The van der Waals surface area contributed by atoms with Crippen molar-refractivity contribution in [3.8, 4) is 0 Å². The molecule has 744 valence electrons. The highest BCUT2D eigenvalue weighted by Crippen LogP contribution is 2.25. The van der Waals surface area contributed by atoms with Crippen molar-refractivity contribution in [1.29, 1.82) is 21.6 Å². The number of carbonyl (C=O) groups excluding carboxylic acids is 12. The molecule has 8 aromatic rings. The lowest BCUT2D eigenvalue weighted by molar-refractivity contribution is -0.136. The van der Waals surface area contributed by atoms with Gasteiger partial charge in [-0.2, -0.15) is 0 Å². The van der Waals surface area contributed by atoms with Crippen LogP contribution in [0.25, 0.3) is 43.6 Å². The molecule has 45 heteroatoms. The molecule has 137 heavy (non-hydrogen) atoms. The Morgan fingerprint density at radius 2 is 0.438 bits per heavy atom. The van der Waals surface area contributed by atoms with Crippen molar-refractivity contribution in [2.24, 2.45) is 57.3 Å². The van der Waals surface area contributed by atoms with Crippen LogP contribution < -0.4 is 137 Å². The number of unbranched alkanes of at least 4 members (excludes halogenated alkanes) is 4. The van der Waals surface area contributed by atoms with Crippen LogP contribution in [0.2, 0.25) is 0 Å². The van der Waals surface area contributed by atoms with E-state index in [1.165, 1.54) is 0 Å². The van der Waals surface area contributed by atoms with Crippen LogP contribution in [0.4, 0.5) is 0 Å². The lowest BCUT2D eigenvalue weighted by atomic mass is 10.0. The van der Waals surface area contributed by atoms with Gasteiger partial charge >= 0.3 is 0 Å². The number of aromatic amines is 4. The standard InChI is InChI=1S/C92H139N33O12/c93-37-13-9-29-66(77(98)126)115-79(128)71(34-18-42-108-90(101)102)120-86(135)74(46-54-50-112-63-26-6-2-22-58(54)63)123-84(133)68(31-11-15-39-95)118-81(130)73(36-20-44-110-92(105)106)122-88(137)76(48-56-52-114-65-28-8-4-24-60(56)65)125-85(134)69(32-12-16-40-96)119-82(131)72(35-19-43-109-91(103)104)121-87(136)75(47-55-51-113-64-27-7-3-23-59(55)64)124-83(132)67(30-10-14-38-94)117-80(129)70(33-17-41-107-89(99)100)116-78(127)61(97)45-53-49-111-62-25-5-1-21-57(53)62/h1-8,21-28,49-52,61,66-76,111-114H,9-20,29-48,93-97H2,(H2,98,126)(H,115,128)(H,116,127)(H,117,129)(H,118,130)(H,119,131)(H,120,135)(H,121,136)(H,122,137)(H,123,133)(H,124,132)(H,125,134)(H4,99,100,107)(H4,101,102,108)(H4,103,104,109)(H4,105,106,110)/t61-,66-,67-,68-,69-,70-,71-,72-,73-,74-,75-,76-/m0/s1. The summed E-state index contributed by atoms with van der Waals surface area (Å²) >= 11 is 0. The summed E-state index contributed by atoms with van der Waals surface area (Å²) in [5.74, 6) is -11.7. The molecule has 0 aliphatic heterocycles. The van der Waals surface area contributed by atoms with E-state index in [4.69, 9.17) is 79.0 Å². The van der Waals surface area contributed by atoms with Crippen LogP contribution in [0, 0.1) is 21.6 Å². The first-order chi connectivity index (χ1) is 65.9. The maximum Gasteiger partial charge on any atom is 0.243 e. The number of hydrogen-bond acceptors (Lipinski definition) is 21. The van der Waals surface area contributed by atoms with Crippen molar-refractivity contribution in [3.05, 3.63) is 144 Å². The van der Waals surface area contributed by atoms with Crippen LogP contribution in [0.3, 0.4) is 0 Å². The van der Waals surface area contributed by atoms with Gasteiger partial charge in [0, 0.05) is 114 Å². The number of para-hydroxylation sites is 4. The number of nitrogens with two attached hydrogens (primary N) is 10. The van der Waals surface area contributed by atoms with E-state index in [9.17, 15) is 19.2 Å². The van der Waals surface area contributed by atoms with E-state index in [2.05, 4.69) is 99.7 Å². The summed E-state index contributed by atoms with van der Waals surface area (Å²) in [6.07, 6.45) is 8.96. The van der Waals surface area contributed by atoms with Crippen molar-refractivity contribution in [2.45, 2.75) is 227 Å². The lowest BCUT2D eigenvalue weighted by Gasteiger charge is -2.29. The predicted octanol–water partition coefficient (Wildman–Crippen LogP) is -2.40. The fourth-order valence-corrected chi connectivity index (χ4v) is 16.1. The molecule has 0 saturated carbocycles. The first-order valence-corrected chi connectivity index (χ1v) is 46.6. The Morgan fingerprint density at radius 3 is 0.664 bits per heavy atom. The summed E-state index contributed by atoms with van der Waals surface area (Å²) in [6, 6.07) is 12.0. The van der Waals surface area contributed by atoms with Crippen LogP contribution in [0.1, 0.15) is 151 Å². The minimum Gasteiger partial charge on any atom is -0.370 e. The van der Waals surface area contributed by atoms with Crippen molar-refractivity contribution in [3.63, 3.8) is 0 Å². The number of primary amides is 1. The molecule has 43 N–H and O–H groups in total. The van der Waals surface area contributed by atoms with E-state index in [0.29, 0.717) is 94.5 Å². The SMILES string of the molecule is N=C(N)NCCC[C@H](NC(=O)[C@H](Cc1c[nH]c2ccccc12)NC(=O)[C@H](CCCCN)NC(=O)[C@H](CCCNC(=N)N)NC(=O)[C@H](Cc1c[nH]c2ccccc12)NC(=O)[C@H](CCCCN)NC(=O)[C@H](CCCNC(=N)N)NC(=O)[C@H](Cc1c[nH]c2ccccc12)NC(=O)[C@H](CCCCN)NC(=O)[C@H](CCCNC(=N)N)NC(=O)[C@@H](N)Cc1c[nH]c2ccccc12)C(=O)N[C@@H](CCCCN)C(N)=O. The molecule has 0 aliphatic carbocycles. The van der Waals surface area contributed by atoms with Gasteiger partial charge in [0.25, 0.3) is 0 Å². The van der Waals surface area contributed by atoms with Crippen molar-refractivity contribution < 1.29 is 57.5 Å². The van der Waals surface area contributed by atoms with E-state index >= 15 is 38.4 Å². The number of hydrogen-bond donors (Lipinski definition) is 33. The number of rotatable bonds is 63. The Hall–Kier alpha value is -14.4. The second-order valence-electron chi connectivity index (χ2n) is 34.0. The zero-order chi connectivity index (χ0) is 99.3. The van der Waals surface area contributed by atoms with Crippen LogP contribution in [0.15, 0.2) is 122 Å². The average molecular weight is 1900 g/mol. The fourth-order valence-electron chi connectivity index (χ4n) is 16.1. The Labute approximate surface area is 793 Å². The molecular weight excluding hydrogens is 1760 g/mol. The summed E-state index contributed by atoms with van der Waals surface area (Å²) in [7, 11) is 0. The van der Waals surface area contributed by atoms with Gasteiger partial charge in [-0.15, -0.1) is 0 Å². The van der Waals surface area contributed by atoms with Crippen LogP contribution >= 0.6 is 0 Å². The van der Waals surface area contributed by atoms with Crippen LogP contribution in [0.5, 0.6) is 0 Å². The maximum atomic E-state index is 15.7. The van der Waals surface area contributed by atoms with Gasteiger partial charge < -0.3 is 157 Å². The third-order valence-electron chi connectivity index (χ3n) is 23.5. The third kappa shape index (κ3) is 35.4.